The first kappa shape index (κ1) is 21.3. The van der Waals surface area contributed by atoms with Crippen LogP contribution in [0.1, 0.15) is 25.0 Å². The highest BCUT2D eigenvalue weighted by atomic mass is 32.2. The second-order valence-electron chi connectivity index (χ2n) is 7.66. The summed E-state index contributed by atoms with van der Waals surface area (Å²) in [6, 6.07) is 14.5. The number of thioether (sulfide) groups is 1. The van der Waals surface area contributed by atoms with Gasteiger partial charge in [0.25, 0.3) is 11.8 Å². The number of para-hydroxylation sites is 1. The molecule has 6 nitrogen and oxygen atoms in total. The van der Waals surface area contributed by atoms with Crippen LogP contribution in [0.4, 0.5) is 11.4 Å². The molecule has 0 saturated carbocycles. The minimum Gasteiger partial charge on any atom is -0.325 e. The minimum absolute atomic E-state index is 0.103. The summed E-state index contributed by atoms with van der Waals surface area (Å²) in [4.78, 5) is 42.3. The molecule has 4 rings (SSSR count). The average molecular weight is 452 g/mol. The molecule has 2 aromatic rings. The van der Waals surface area contributed by atoms with Gasteiger partial charge >= 0.3 is 0 Å². The summed E-state index contributed by atoms with van der Waals surface area (Å²) < 4.78 is 0.434. The molecule has 0 unspecified atom stereocenters. The summed E-state index contributed by atoms with van der Waals surface area (Å²) >= 11 is 6.51. The van der Waals surface area contributed by atoms with Crippen molar-refractivity contribution in [2.45, 2.75) is 26.8 Å². The van der Waals surface area contributed by atoms with Gasteiger partial charge in [0.15, 0.2) is 0 Å². The second kappa shape index (κ2) is 8.28. The molecule has 2 aliphatic heterocycles. The fourth-order valence-corrected chi connectivity index (χ4v) is 5.21. The van der Waals surface area contributed by atoms with E-state index in [9.17, 15) is 14.4 Å². The fraction of sp³-hybridized carbons (Fsp3) is 0.217. The van der Waals surface area contributed by atoms with E-state index in [1.807, 2.05) is 51.1 Å². The zero-order valence-electron chi connectivity index (χ0n) is 17.3. The third-order valence-electron chi connectivity index (χ3n) is 5.10. The summed E-state index contributed by atoms with van der Waals surface area (Å²) in [5, 5.41) is 2.82. The Hall–Kier alpha value is -2.97. The topological polar surface area (TPSA) is 69.7 Å². The minimum atomic E-state index is -0.371. The number of hydrogen-bond acceptors (Lipinski definition) is 5. The predicted molar refractivity (Wildman–Crippen MR) is 128 cm³/mol. The molecule has 0 aliphatic carbocycles. The summed E-state index contributed by atoms with van der Waals surface area (Å²) in [6.45, 7) is 5.57. The summed E-state index contributed by atoms with van der Waals surface area (Å²) in [5.74, 6) is -0.957. The molecule has 0 bridgehead atoms. The molecule has 158 valence electrons. The normalized spacial score (nSPS) is 18.3. The Morgan fingerprint density at radius 1 is 1.06 bits per heavy atom. The number of aryl methyl sites for hydroxylation is 1. The third-order valence-corrected chi connectivity index (χ3v) is 6.50. The van der Waals surface area contributed by atoms with E-state index in [1.54, 1.807) is 18.2 Å². The molecule has 8 heteroatoms. The van der Waals surface area contributed by atoms with Crippen molar-refractivity contribution >= 4 is 63.0 Å². The van der Waals surface area contributed by atoms with Crippen molar-refractivity contribution in [1.29, 1.82) is 0 Å². The van der Waals surface area contributed by atoms with Crippen molar-refractivity contribution in [3.63, 3.8) is 0 Å². The number of nitrogens with zero attached hydrogens (tertiary/aromatic N) is 2. The van der Waals surface area contributed by atoms with Crippen LogP contribution in [0.5, 0.6) is 0 Å². The Balaban J connectivity index is 1.65. The lowest BCUT2D eigenvalue weighted by molar-refractivity contribution is -0.123. The quantitative estimate of drug-likeness (QED) is 0.563. The van der Waals surface area contributed by atoms with Gasteiger partial charge < -0.3 is 5.32 Å². The first-order valence-corrected chi connectivity index (χ1v) is 11.1. The van der Waals surface area contributed by atoms with E-state index in [1.165, 1.54) is 9.80 Å². The standard InChI is InChI=1S/C23H21N3O3S2/c1-13(2)26-22(29)20(31-23(26)30)19-16-6-4-5-7-17(16)25(21(19)28)12-18(27)24-15-10-8-14(3)9-11-15/h4-11,13H,12H2,1-3H3,(H,24,27)/b20-19-. The van der Waals surface area contributed by atoms with Gasteiger partial charge in [0, 0.05) is 17.3 Å². The van der Waals surface area contributed by atoms with Gasteiger partial charge in [0.05, 0.1) is 16.2 Å². The number of fused-ring (bicyclic) bond motifs is 1. The maximum Gasteiger partial charge on any atom is 0.267 e. The van der Waals surface area contributed by atoms with E-state index in [0.29, 0.717) is 31.7 Å². The summed E-state index contributed by atoms with van der Waals surface area (Å²) in [7, 11) is 0. The average Bonchev–Trinajstić information content (AvgIpc) is 3.16. The van der Waals surface area contributed by atoms with E-state index in [-0.39, 0.29) is 30.3 Å². The van der Waals surface area contributed by atoms with Gasteiger partial charge in [-0.2, -0.15) is 0 Å². The van der Waals surface area contributed by atoms with Crippen molar-refractivity contribution in [1.82, 2.24) is 4.90 Å². The number of benzene rings is 2. The Labute approximate surface area is 190 Å². The highest BCUT2D eigenvalue weighted by molar-refractivity contribution is 8.26. The largest absolute Gasteiger partial charge is 0.325 e. The van der Waals surface area contributed by atoms with Gasteiger partial charge in [0.1, 0.15) is 10.9 Å². The first-order chi connectivity index (χ1) is 14.8. The van der Waals surface area contributed by atoms with Gasteiger partial charge in [-0.05, 0) is 39.0 Å². The molecule has 2 heterocycles. The number of hydrogen-bond donors (Lipinski definition) is 1. The maximum absolute atomic E-state index is 13.4. The molecule has 1 fully saturated rings. The zero-order chi connectivity index (χ0) is 22.3. The number of anilines is 2. The number of rotatable bonds is 4. The van der Waals surface area contributed by atoms with Crippen molar-refractivity contribution in [2.75, 3.05) is 16.8 Å². The first-order valence-electron chi connectivity index (χ1n) is 9.85. The molecule has 1 N–H and O–H groups in total. The number of carbonyl (C=O) groups is 3. The van der Waals surface area contributed by atoms with E-state index < -0.39 is 0 Å². The Morgan fingerprint density at radius 2 is 1.74 bits per heavy atom. The number of nitrogens with one attached hydrogen (secondary N) is 1. The molecular formula is C23H21N3O3S2. The van der Waals surface area contributed by atoms with Gasteiger partial charge in [-0.25, -0.2) is 0 Å². The fourth-order valence-electron chi connectivity index (χ4n) is 3.61. The number of thiocarbonyl (C=S) groups is 1. The number of carbonyl (C=O) groups excluding carboxylic acids is 3. The lowest BCUT2D eigenvalue weighted by Gasteiger charge is -2.18. The maximum atomic E-state index is 13.4. The zero-order valence-corrected chi connectivity index (χ0v) is 19.0. The molecule has 0 radical (unpaired) electrons. The van der Waals surface area contributed by atoms with Crippen LogP contribution in [-0.4, -0.2) is 39.5 Å². The Morgan fingerprint density at radius 3 is 2.39 bits per heavy atom. The SMILES string of the molecule is Cc1ccc(NC(=O)CN2C(=O)/C(=C3\SC(=S)N(C(C)C)C3=O)c3ccccc32)cc1. The molecule has 0 aromatic heterocycles. The lowest BCUT2D eigenvalue weighted by Crippen LogP contribution is -2.36. The van der Waals surface area contributed by atoms with Crippen LogP contribution in [0.15, 0.2) is 53.4 Å². The summed E-state index contributed by atoms with van der Waals surface area (Å²) in [6.07, 6.45) is 0. The van der Waals surface area contributed by atoms with Crippen LogP contribution in [0.25, 0.3) is 5.57 Å². The molecule has 31 heavy (non-hydrogen) atoms. The Kier molecular flexibility index (Phi) is 5.68. The molecule has 0 atom stereocenters. The molecule has 2 aromatic carbocycles. The van der Waals surface area contributed by atoms with E-state index in [4.69, 9.17) is 12.2 Å². The van der Waals surface area contributed by atoms with Crippen molar-refractivity contribution in [2.24, 2.45) is 0 Å². The second-order valence-corrected chi connectivity index (χ2v) is 9.31. The molecule has 3 amide bonds. The molecule has 1 saturated heterocycles. The molecule has 2 aliphatic rings. The molecule has 0 spiro atoms. The highest BCUT2D eigenvalue weighted by Crippen LogP contribution is 2.44. The van der Waals surface area contributed by atoms with Gasteiger partial charge in [-0.1, -0.05) is 59.9 Å². The van der Waals surface area contributed by atoms with Crippen LogP contribution in [0.2, 0.25) is 0 Å². The van der Waals surface area contributed by atoms with Crippen LogP contribution in [-0.2, 0) is 14.4 Å². The van der Waals surface area contributed by atoms with Crippen LogP contribution < -0.4 is 10.2 Å². The summed E-state index contributed by atoms with van der Waals surface area (Å²) in [5.41, 5.74) is 3.30. The van der Waals surface area contributed by atoms with E-state index in [0.717, 1.165) is 17.3 Å². The third kappa shape index (κ3) is 3.88. The molecular weight excluding hydrogens is 430 g/mol. The van der Waals surface area contributed by atoms with Crippen LogP contribution >= 0.6 is 24.0 Å². The predicted octanol–water partition coefficient (Wildman–Crippen LogP) is 3.96. The van der Waals surface area contributed by atoms with Gasteiger partial charge in [0.2, 0.25) is 5.91 Å². The highest BCUT2D eigenvalue weighted by Gasteiger charge is 2.43. The van der Waals surface area contributed by atoms with Crippen LogP contribution in [0, 0.1) is 6.92 Å². The van der Waals surface area contributed by atoms with Crippen molar-refractivity contribution in [3.8, 4) is 0 Å². The van der Waals surface area contributed by atoms with Gasteiger partial charge in [-0.3, -0.25) is 24.2 Å². The van der Waals surface area contributed by atoms with Crippen molar-refractivity contribution in [3.05, 3.63) is 64.6 Å². The van der Waals surface area contributed by atoms with Gasteiger partial charge in [-0.15, -0.1) is 0 Å². The van der Waals surface area contributed by atoms with Crippen LogP contribution in [0.3, 0.4) is 0 Å². The van der Waals surface area contributed by atoms with E-state index >= 15 is 0 Å². The monoisotopic (exact) mass is 451 g/mol. The number of amides is 3. The lowest BCUT2D eigenvalue weighted by atomic mass is 10.1. The Bertz CT molecular complexity index is 1140. The smallest absolute Gasteiger partial charge is 0.267 e. The van der Waals surface area contributed by atoms with Crippen molar-refractivity contribution < 1.29 is 14.4 Å². The van der Waals surface area contributed by atoms with E-state index in [2.05, 4.69) is 5.32 Å².